The summed E-state index contributed by atoms with van der Waals surface area (Å²) in [5.41, 5.74) is 0.311. The first-order valence-corrected chi connectivity index (χ1v) is 8.07. The number of esters is 1. The summed E-state index contributed by atoms with van der Waals surface area (Å²) < 4.78 is 10.4. The number of carbonyl (C=O) groups excluding carboxylic acids is 2. The van der Waals surface area contributed by atoms with E-state index in [-0.39, 0.29) is 17.3 Å². The van der Waals surface area contributed by atoms with E-state index >= 15 is 0 Å². The van der Waals surface area contributed by atoms with E-state index in [2.05, 4.69) is 22.0 Å². The SMILES string of the molecule is COC(=O)c1cccc(C(=O)NCCOC2CCCCC2C)n1. The van der Waals surface area contributed by atoms with Gasteiger partial charge in [-0.1, -0.05) is 25.8 Å². The Bertz CT molecular complexity index is 547. The lowest BCUT2D eigenvalue weighted by Crippen LogP contribution is -2.32. The van der Waals surface area contributed by atoms with Crippen LogP contribution in [-0.4, -0.2) is 43.2 Å². The van der Waals surface area contributed by atoms with Crippen LogP contribution in [0.2, 0.25) is 0 Å². The number of rotatable bonds is 6. The highest BCUT2D eigenvalue weighted by molar-refractivity contribution is 5.94. The standard InChI is InChI=1S/C17H24N2O4/c1-12-6-3-4-9-15(12)23-11-10-18-16(20)13-7-5-8-14(19-13)17(21)22-2/h5,7-8,12,15H,3-4,6,9-11H2,1-2H3,(H,18,20). The highest BCUT2D eigenvalue weighted by Crippen LogP contribution is 2.25. The van der Waals surface area contributed by atoms with Gasteiger partial charge in [0.25, 0.3) is 5.91 Å². The van der Waals surface area contributed by atoms with Crippen LogP contribution < -0.4 is 5.32 Å². The van der Waals surface area contributed by atoms with Crippen LogP contribution in [0.25, 0.3) is 0 Å². The Balaban J connectivity index is 1.77. The second-order valence-corrected chi connectivity index (χ2v) is 5.83. The highest BCUT2D eigenvalue weighted by Gasteiger charge is 2.21. The van der Waals surface area contributed by atoms with Crippen LogP contribution in [0.3, 0.4) is 0 Å². The average Bonchev–Trinajstić information content (AvgIpc) is 2.59. The van der Waals surface area contributed by atoms with Gasteiger partial charge in [-0.25, -0.2) is 9.78 Å². The maximum absolute atomic E-state index is 12.0. The molecule has 1 aromatic rings. The minimum atomic E-state index is -0.561. The number of aromatic nitrogens is 1. The molecule has 1 heterocycles. The van der Waals surface area contributed by atoms with E-state index in [4.69, 9.17) is 4.74 Å². The topological polar surface area (TPSA) is 77.5 Å². The van der Waals surface area contributed by atoms with Gasteiger partial charge in [0, 0.05) is 6.54 Å². The van der Waals surface area contributed by atoms with Crippen LogP contribution in [0.4, 0.5) is 0 Å². The number of ether oxygens (including phenoxy) is 2. The Morgan fingerprint density at radius 3 is 2.74 bits per heavy atom. The first kappa shape index (κ1) is 17.4. The van der Waals surface area contributed by atoms with Crippen molar-refractivity contribution in [3.63, 3.8) is 0 Å². The van der Waals surface area contributed by atoms with E-state index in [1.807, 2.05) is 0 Å². The Kier molecular flexibility index (Phi) is 6.52. The van der Waals surface area contributed by atoms with E-state index in [0.717, 1.165) is 6.42 Å². The summed E-state index contributed by atoms with van der Waals surface area (Å²) in [6, 6.07) is 4.68. The van der Waals surface area contributed by atoms with E-state index in [1.54, 1.807) is 12.1 Å². The van der Waals surface area contributed by atoms with E-state index in [1.165, 1.54) is 32.4 Å². The van der Waals surface area contributed by atoms with Gasteiger partial charge in [0.05, 0.1) is 19.8 Å². The second-order valence-electron chi connectivity index (χ2n) is 5.83. The fraction of sp³-hybridized carbons (Fsp3) is 0.588. The average molecular weight is 320 g/mol. The van der Waals surface area contributed by atoms with Gasteiger partial charge >= 0.3 is 5.97 Å². The molecular weight excluding hydrogens is 296 g/mol. The summed E-state index contributed by atoms with van der Waals surface area (Å²) in [5, 5.41) is 2.76. The number of hydrogen-bond acceptors (Lipinski definition) is 5. The Morgan fingerprint density at radius 1 is 1.26 bits per heavy atom. The van der Waals surface area contributed by atoms with E-state index in [0.29, 0.717) is 25.2 Å². The lowest BCUT2D eigenvalue weighted by molar-refractivity contribution is -0.00295. The predicted octanol–water partition coefficient (Wildman–Crippen LogP) is 2.19. The van der Waals surface area contributed by atoms with Crippen molar-refractivity contribution in [2.24, 2.45) is 5.92 Å². The third kappa shape index (κ3) is 5.03. The number of pyridine rings is 1. The molecule has 2 rings (SSSR count). The van der Waals surface area contributed by atoms with Crippen molar-refractivity contribution in [2.45, 2.75) is 38.7 Å². The lowest BCUT2D eigenvalue weighted by atomic mass is 9.88. The second kappa shape index (κ2) is 8.62. The van der Waals surface area contributed by atoms with Crippen LogP contribution >= 0.6 is 0 Å². The molecule has 2 unspecified atom stereocenters. The first-order chi connectivity index (χ1) is 11.1. The van der Waals surface area contributed by atoms with Crippen molar-refractivity contribution in [1.29, 1.82) is 0 Å². The monoisotopic (exact) mass is 320 g/mol. The summed E-state index contributed by atoms with van der Waals surface area (Å²) >= 11 is 0. The lowest BCUT2D eigenvalue weighted by Gasteiger charge is -2.28. The third-order valence-electron chi connectivity index (χ3n) is 4.13. The summed E-state index contributed by atoms with van der Waals surface area (Å²) in [5.74, 6) is -0.303. The number of hydrogen-bond donors (Lipinski definition) is 1. The third-order valence-corrected chi connectivity index (χ3v) is 4.13. The molecule has 1 amide bonds. The van der Waals surface area contributed by atoms with Crippen molar-refractivity contribution in [3.05, 3.63) is 29.6 Å². The van der Waals surface area contributed by atoms with Crippen LogP contribution in [0, 0.1) is 5.92 Å². The molecule has 2 atom stereocenters. The zero-order chi connectivity index (χ0) is 16.7. The molecule has 0 spiro atoms. The van der Waals surface area contributed by atoms with Crippen molar-refractivity contribution in [1.82, 2.24) is 10.3 Å². The molecule has 6 heteroatoms. The molecule has 0 aliphatic heterocycles. The van der Waals surface area contributed by atoms with Gasteiger partial charge in [0.1, 0.15) is 11.4 Å². The van der Waals surface area contributed by atoms with Crippen molar-refractivity contribution in [3.8, 4) is 0 Å². The van der Waals surface area contributed by atoms with Crippen LogP contribution in [0.5, 0.6) is 0 Å². The molecule has 1 saturated carbocycles. The number of amides is 1. The van der Waals surface area contributed by atoms with E-state index in [9.17, 15) is 9.59 Å². The van der Waals surface area contributed by atoms with Crippen LogP contribution in [-0.2, 0) is 9.47 Å². The molecule has 0 aromatic carbocycles. The molecule has 1 aliphatic carbocycles. The van der Waals surface area contributed by atoms with Crippen LogP contribution in [0.15, 0.2) is 18.2 Å². The van der Waals surface area contributed by atoms with Crippen molar-refractivity contribution < 1.29 is 19.1 Å². The molecule has 6 nitrogen and oxygen atoms in total. The molecule has 0 bridgehead atoms. The quantitative estimate of drug-likeness (QED) is 0.642. The van der Waals surface area contributed by atoms with Crippen molar-refractivity contribution >= 4 is 11.9 Å². The minimum absolute atomic E-state index is 0.118. The van der Waals surface area contributed by atoms with Gasteiger partial charge in [0.15, 0.2) is 0 Å². The Hall–Kier alpha value is -1.95. The molecular formula is C17H24N2O4. The van der Waals surface area contributed by atoms with Gasteiger partial charge in [0.2, 0.25) is 0 Å². The molecule has 1 aromatic heterocycles. The smallest absolute Gasteiger partial charge is 0.356 e. The molecule has 0 radical (unpaired) electrons. The Morgan fingerprint density at radius 2 is 2.00 bits per heavy atom. The minimum Gasteiger partial charge on any atom is -0.464 e. The maximum Gasteiger partial charge on any atom is 0.356 e. The zero-order valence-corrected chi connectivity index (χ0v) is 13.7. The summed E-state index contributed by atoms with van der Waals surface area (Å²) in [4.78, 5) is 27.5. The maximum atomic E-state index is 12.0. The number of nitrogens with one attached hydrogen (secondary N) is 1. The normalized spacial score (nSPS) is 20.8. The zero-order valence-electron chi connectivity index (χ0n) is 13.7. The van der Waals surface area contributed by atoms with Gasteiger partial charge in [-0.15, -0.1) is 0 Å². The number of nitrogens with zero attached hydrogens (tertiary/aromatic N) is 1. The molecule has 1 fully saturated rings. The first-order valence-electron chi connectivity index (χ1n) is 8.07. The molecule has 0 saturated heterocycles. The highest BCUT2D eigenvalue weighted by atomic mass is 16.5. The van der Waals surface area contributed by atoms with E-state index < -0.39 is 5.97 Å². The number of carbonyl (C=O) groups is 2. The van der Waals surface area contributed by atoms with Gasteiger partial charge in [-0.3, -0.25) is 4.79 Å². The Labute approximate surface area is 136 Å². The summed E-state index contributed by atoms with van der Waals surface area (Å²) in [6.07, 6.45) is 5.09. The summed E-state index contributed by atoms with van der Waals surface area (Å²) in [7, 11) is 1.28. The molecule has 126 valence electrons. The number of methoxy groups -OCH3 is 1. The van der Waals surface area contributed by atoms with Gasteiger partial charge < -0.3 is 14.8 Å². The summed E-state index contributed by atoms with van der Waals surface area (Å²) in [6.45, 7) is 3.12. The van der Waals surface area contributed by atoms with Gasteiger partial charge in [-0.05, 0) is 30.9 Å². The fourth-order valence-electron chi connectivity index (χ4n) is 2.77. The van der Waals surface area contributed by atoms with Crippen LogP contribution in [0.1, 0.15) is 53.6 Å². The molecule has 1 aliphatic rings. The fourth-order valence-corrected chi connectivity index (χ4v) is 2.77. The van der Waals surface area contributed by atoms with Gasteiger partial charge in [-0.2, -0.15) is 0 Å². The predicted molar refractivity (Wildman–Crippen MR) is 85.3 cm³/mol. The molecule has 23 heavy (non-hydrogen) atoms. The van der Waals surface area contributed by atoms with Crippen molar-refractivity contribution in [2.75, 3.05) is 20.3 Å². The molecule has 1 N–H and O–H groups in total. The largest absolute Gasteiger partial charge is 0.464 e.